The van der Waals surface area contributed by atoms with Gasteiger partial charge in [0.1, 0.15) is 5.01 Å². The number of alkyl halides is 2. The molecular formula is C14H18F2N2O2S. The van der Waals surface area contributed by atoms with Gasteiger partial charge in [-0.15, -0.1) is 11.3 Å². The van der Waals surface area contributed by atoms with Gasteiger partial charge in [0.25, 0.3) is 0 Å². The van der Waals surface area contributed by atoms with Crippen LogP contribution in [0, 0.1) is 5.92 Å². The van der Waals surface area contributed by atoms with Crippen LogP contribution in [0.2, 0.25) is 0 Å². The van der Waals surface area contributed by atoms with Gasteiger partial charge in [0.05, 0.1) is 6.54 Å². The van der Waals surface area contributed by atoms with Crippen molar-refractivity contribution < 1.29 is 18.7 Å². The van der Waals surface area contributed by atoms with Gasteiger partial charge in [-0.25, -0.2) is 18.6 Å². The van der Waals surface area contributed by atoms with Gasteiger partial charge in [0.15, 0.2) is 5.69 Å². The van der Waals surface area contributed by atoms with Crippen molar-refractivity contribution in [2.45, 2.75) is 57.2 Å². The lowest BCUT2D eigenvalue weighted by Crippen LogP contribution is -2.42. The van der Waals surface area contributed by atoms with E-state index in [2.05, 4.69) is 9.88 Å². The molecule has 0 saturated carbocycles. The molecule has 116 valence electrons. The van der Waals surface area contributed by atoms with Crippen molar-refractivity contribution in [2.24, 2.45) is 5.92 Å². The molecule has 3 heterocycles. The van der Waals surface area contributed by atoms with Gasteiger partial charge in [0, 0.05) is 23.9 Å². The minimum Gasteiger partial charge on any atom is -0.476 e. The lowest BCUT2D eigenvalue weighted by atomic mass is 9.88. The van der Waals surface area contributed by atoms with Crippen LogP contribution in [-0.4, -0.2) is 39.5 Å². The second kappa shape index (κ2) is 5.96. The first-order chi connectivity index (χ1) is 10.0. The molecule has 7 heteroatoms. The van der Waals surface area contributed by atoms with Gasteiger partial charge in [-0.1, -0.05) is 0 Å². The Morgan fingerprint density at radius 1 is 1.43 bits per heavy atom. The number of piperidine rings is 1. The summed E-state index contributed by atoms with van der Waals surface area (Å²) in [6.45, 7) is 0.647. The highest BCUT2D eigenvalue weighted by molar-refractivity contribution is 7.09. The molecule has 0 radical (unpaired) electrons. The molecule has 0 amide bonds. The number of thiazole rings is 1. The number of aromatic nitrogens is 1. The highest BCUT2D eigenvalue weighted by Gasteiger charge is 2.41. The number of aromatic carboxylic acids is 1. The van der Waals surface area contributed by atoms with Crippen molar-refractivity contribution >= 4 is 17.3 Å². The van der Waals surface area contributed by atoms with Crippen molar-refractivity contribution in [1.29, 1.82) is 0 Å². The second-order valence-electron chi connectivity index (χ2n) is 5.95. The quantitative estimate of drug-likeness (QED) is 0.906. The molecule has 1 aromatic heterocycles. The zero-order chi connectivity index (χ0) is 15.0. The minimum absolute atomic E-state index is 0.0151. The van der Waals surface area contributed by atoms with E-state index in [1.165, 1.54) is 11.3 Å². The van der Waals surface area contributed by atoms with Gasteiger partial charge in [0.2, 0.25) is 6.43 Å². The Bertz CT molecular complexity index is 509. The van der Waals surface area contributed by atoms with Crippen molar-refractivity contribution in [3.05, 3.63) is 16.1 Å². The molecule has 2 fully saturated rings. The number of halogens is 2. The van der Waals surface area contributed by atoms with E-state index < -0.39 is 12.4 Å². The van der Waals surface area contributed by atoms with Gasteiger partial charge in [-0.05, 0) is 31.6 Å². The Labute approximate surface area is 125 Å². The molecular weight excluding hydrogens is 298 g/mol. The average molecular weight is 316 g/mol. The Morgan fingerprint density at radius 3 is 2.62 bits per heavy atom. The van der Waals surface area contributed by atoms with Crippen molar-refractivity contribution in [1.82, 2.24) is 9.88 Å². The number of hydrogen-bond donors (Lipinski definition) is 1. The maximum atomic E-state index is 12.5. The molecule has 2 unspecified atom stereocenters. The van der Waals surface area contributed by atoms with Gasteiger partial charge >= 0.3 is 5.97 Å². The maximum Gasteiger partial charge on any atom is 0.355 e. The Kier molecular flexibility index (Phi) is 4.21. The number of carboxylic acid groups (broad SMARTS) is 1. The highest BCUT2D eigenvalue weighted by Crippen LogP contribution is 2.41. The number of rotatable bonds is 5. The summed E-state index contributed by atoms with van der Waals surface area (Å²) in [6, 6.07) is 0.703. The van der Waals surface area contributed by atoms with E-state index in [0.29, 0.717) is 18.6 Å². The SMILES string of the molecule is O=C(O)c1csc(CN2C3CCC2CC(CC(F)F)C3)n1. The fourth-order valence-electron chi connectivity index (χ4n) is 3.73. The number of nitrogens with zero attached hydrogens (tertiary/aromatic N) is 2. The molecule has 1 N–H and O–H groups in total. The van der Waals surface area contributed by atoms with Crippen LogP contribution in [0.3, 0.4) is 0 Å². The standard InChI is InChI=1S/C14H18F2N2O2S/c15-12(16)5-8-3-9-1-2-10(4-8)18(9)6-13-17-11(7-21-13)14(19)20/h7-10,12H,1-6H2,(H,19,20). The molecule has 0 aliphatic carbocycles. The Hall–Kier alpha value is -1.08. The van der Waals surface area contributed by atoms with Gasteiger partial charge < -0.3 is 5.11 Å². The molecule has 21 heavy (non-hydrogen) atoms. The summed E-state index contributed by atoms with van der Waals surface area (Å²) in [4.78, 5) is 17.3. The van der Waals surface area contributed by atoms with E-state index in [1.807, 2.05) is 0 Å². The zero-order valence-electron chi connectivity index (χ0n) is 11.5. The first-order valence-electron chi connectivity index (χ1n) is 7.24. The summed E-state index contributed by atoms with van der Waals surface area (Å²) in [5.41, 5.74) is 0.0925. The predicted molar refractivity (Wildman–Crippen MR) is 74.8 cm³/mol. The summed E-state index contributed by atoms with van der Waals surface area (Å²) < 4.78 is 25.1. The average Bonchev–Trinajstić information content (AvgIpc) is 2.94. The van der Waals surface area contributed by atoms with E-state index >= 15 is 0 Å². The number of carbonyl (C=O) groups is 1. The van der Waals surface area contributed by atoms with Crippen molar-refractivity contribution in [2.75, 3.05) is 0 Å². The number of hydrogen-bond acceptors (Lipinski definition) is 4. The summed E-state index contributed by atoms with van der Waals surface area (Å²) in [7, 11) is 0. The zero-order valence-corrected chi connectivity index (χ0v) is 12.4. The lowest BCUT2D eigenvalue weighted by Gasteiger charge is -2.38. The number of carboxylic acids is 1. The van der Waals surface area contributed by atoms with Crippen LogP contribution in [0.5, 0.6) is 0 Å². The van der Waals surface area contributed by atoms with Crippen LogP contribution < -0.4 is 0 Å². The minimum atomic E-state index is -2.21. The van der Waals surface area contributed by atoms with E-state index in [4.69, 9.17) is 5.11 Å². The third-order valence-electron chi connectivity index (χ3n) is 4.58. The molecule has 0 aromatic carbocycles. The van der Waals surface area contributed by atoms with Crippen LogP contribution in [0.4, 0.5) is 8.78 Å². The van der Waals surface area contributed by atoms with Crippen molar-refractivity contribution in [3.8, 4) is 0 Å². The molecule has 1 aromatic rings. The summed E-state index contributed by atoms with van der Waals surface area (Å²) in [5.74, 6) is -0.874. The van der Waals surface area contributed by atoms with Crippen LogP contribution in [0.1, 0.15) is 47.6 Å². The van der Waals surface area contributed by atoms with Crippen molar-refractivity contribution in [3.63, 3.8) is 0 Å². The lowest BCUT2D eigenvalue weighted by molar-refractivity contribution is 0.0521. The third-order valence-corrected chi connectivity index (χ3v) is 5.42. The summed E-state index contributed by atoms with van der Waals surface area (Å²) in [6.07, 6.45) is 1.58. The van der Waals surface area contributed by atoms with E-state index in [0.717, 1.165) is 30.7 Å². The fourth-order valence-corrected chi connectivity index (χ4v) is 4.50. The Morgan fingerprint density at radius 2 is 2.10 bits per heavy atom. The van der Waals surface area contributed by atoms with Gasteiger partial charge in [-0.3, -0.25) is 4.90 Å². The molecule has 2 atom stereocenters. The van der Waals surface area contributed by atoms with Gasteiger partial charge in [-0.2, -0.15) is 0 Å². The van der Waals surface area contributed by atoms with E-state index in [1.54, 1.807) is 5.38 Å². The normalized spacial score (nSPS) is 29.2. The third kappa shape index (κ3) is 3.23. The first kappa shape index (κ1) is 14.8. The maximum absolute atomic E-state index is 12.5. The van der Waals surface area contributed by atoms with Crippen LogP contribution >= 0.6 is 11.3 Å². The van der Waals surface area contributed by atoms with Crippen LogP contribution in [0.15, 0.2) is 5.38 Å². The first-order valence-corrected chi connectivity index (χ1v) is 8.12. The molecule has 2 aliphatic rings. The van der Waals surface area contributed by atoms with Crippen LogP contribution in [0.25, 0.3) is 0 Å². The summed E-state index contributed by atoms with van der Waals surface area (Å²) in [5, 5.41) is 11.3. The monoisotopic (exact) mass is 316 g/mol. The molecule has 3 rings (SSSR count). The smallest absolute Gasteiger partial charge is 0.355 e. The molecule has 2 aliphatic heterocycles. The molecule has 0 spiro atoms. The largest absolute Gasteiger partial charge is 0.476 e. The van der Waals surface area contributed by atoms with E-state index in [-0.39, 0.29) is 18.0 Å². The topological polar surface area (TPSA) is 53.4 Å². The molecule has 4 nitrogen and oxygen atoms in total. The van der Waals surface area contributed by atoms with E-state index in [9.17, 15) is 13.6 Å². The van der Waals surface area contributed by atoms with Crippen LogP contribution in [-0.2, 0) is 6.54 Å². The Balaban J connectivity index is 1.63. The predicted octanol–water partition coefficient (Wildman–Crippen LogP) is 3.24. The molecule has 2 bridgehead atoms. The molecule has 2 saturated heterocycles. The fraction of sp³-hybridized carbons (Fsp3) is 0.714. The second-order valence-corrected chi connectivity index (χ2v) is 6.90. The highest BCUT2D eigenvalue weighted by atomic mass is 32.1. The number of fused-ring (bicyclic) bond motifs is 2. The summed E-state index contributed by atoms with van der Waals surface area (Å²) >= 11 is 1.36.